The molecule has 30 heavy (non-hydrogen) atoms. The zero-order chi connectivity index (χ0) is 22.4. The number of nitrogens with zero attached hydrogens (tertiary/aromatic N) is 3. The normalized spacial score (nSPS) is 12.5. The summed E-state index contributed by atoms with van der Waals surface area (Å²) in [7, 11) is 1.41. The Morgan fingerprint density at radius 2 is 1.93 bits per heavy atom. The summed E-state index contributed by atoms with van der Waals surface area (Å²) in [5.41, 5.74) is 6.51. The van der Waals surface area contributed by atoms with Crippen LogP contribution in [0.4, 0.5) is 19.3 Å². The lowest BCUT2D eigenvalue weighted by atomic mass is 10.2. The van der Waals surface area contributed by atoms with Crippen LogP contribution in [0.1, 0.15) is 31.2 Å². The number of nitrogens with one attached hydrogen (secondary N) is 2. The van der Waals surface area contributed by atoms with Gasteiger partial charge < -0.3 is 15.8 Å². The fraction of sp³-hybridized carbons (Fsp3) is 0.222. The van der Waals surface area contributed by atoms with E-state index in [2.05, 4.69) is 20.6 Å². The number of nitrogens with two attached hydrogens (primary N) is 2. The molecule has 0 radical (unpaired) electrons. The van der Waals surface area contributed by atoms with Gasteiger partial charge in [0.1, 0.15) is 17.6 Å². The first-order valence-corrected chi connectivity index (χ1v) is 8.59. The molecule has 2 aromatic heterocycles. The molecular weight excluding hydrogens is 400 g/mol. The Labute approximate surface area is 170 Å². The second kappa shape index (κ2) is 9.60. The molecule has 1 atom stereocenters. The molecule has 2 amide bonds. The van der Waals surface area contributed by atoms with E-state index in [1.54, 1.807) is 6.07 Å². The van der Waals surface area contributed by atoms with Crippen molar-refractivity contribution in [3.63, 3.8) is 0 Å². The van der Waals surface area contributed by atoms with Gasteiger partial charge in [-0.2, -0.15) is 4.39 Å². The average molecular weight is 421 g/mol. The number of hydrogen-bond acceptors (Lipinski definition) is 8. The van der Waals surface area contributed by atoms with Gasteiger partial charge in [0, 0.05) is 14.0 Å². The number of rotatable bonds is 6. The van der Waals surface area contributed by atoms with Crippen molar-refractivity contribution < 1.29 is 23.1 Å². The van der Waals surface area contributed by atoms with Crippen LogP contribution >= 0.6 is 0 Å². The largest absolute Gasteiger partial charge is 0.441 e. The maximum atomic E-state index is 13.7. The summed E-state index contributed by atoms with van der Waals surface area (Å²) < 4.78 is 32.1. The van der Waals surface area contributed by atoms with Crippen molar-refractivity contribution in [2.75, 3.05) is 12.4 Å². The first-order valence-electron chi connectivity index (χ1n) is 8.59. The Morgan fingerprint density at radius 3 is 2.50 bits per heavy atom. The van der Waals surface area contributed by atoms with Crippen molar-refractivity contribution in [2.24, 2.45) is 11.6 Å². The van der Waals surface area contributed by atoms with Crippen LogP contribution in [0.15, 0.2) is 36.4 Å². The van der Waals surface area contributed by atoms with Crippen LogP contribution in [-0.2, 0) is 9.53 Å². The van der Waals surface area contributed by atoms with E-state index in [0.29, 0.717) is 11.9 Å². The Kier molecular flexibility index (Phi) is 7.20. The predicted molar refractivity (Wildman–Crippen MR) is 104 cm³/mol. The minimum absolute atomic E-state index is 0.00224. The highest BCUT2D eigenvalue weighted by molar-refractivity contribution is 5.88. The van der Waals surface area contributed by atoms with Crippen LogP contribution < -0.4 is 22.2 Å². The zero-order valence-electron chi connectivity index (χ0n) is 16.4. The van der Waals surface area contributed by atoms with Gasteiger partial charge in [-0.3, -0.25) is 20.1 Å². The second-order valence-corrected chi connectivity index (χ2v) is 6.19. The molecule has 2 aromatic rings. The van der Waals surface area contributed by atoms with E-state index in [1.165, 1.54) is 33.2 Å². The highest BCUT2D eigenvalue weighted by Crippen LogP contribution is 2.20. The fourth-order valence-electron chi connectivity index (χ4n) is 2.37. The maximum Gasteiger partial charge on any atom is 0.413 e. The molecule has 0 aromatic carbocycles. The van der Waals surface area contributed by atoms with Gasteiger partial charge in [-0.1, -0.05) is 0 Å². The number of halogens is 2. The first kappa shape index (κ1) is 22.5. The second-order valence-electron chi connectivity index (χ2n) is 6.19. The van der Waals surface area contributed by atoms with E-state index in [9.17, 15) is 18.4 Å². The van der Waals surface area contributed by atoms with Crippen LogP contribution in [0.25, 0.3) is 5.70 Å². The summed E-state index contributed by atoms with van der Waals surface area (Å²) in [6, 6.07) is 3.94. The number of amides is 2. The van der Waals surface area contributed by atoms with E-state index < -0.39 is 24.0 Å². The molecule has 0 aliphatic rings. The molecule has 2 rings (SSSR count). The molecule has 10 nitrogen and oxygen atoms in total. The van der Waals surface area contributed by atoms with E-state index in [0.717, 1.165) is 11.1 Å². The molecule has 0 saturated carbocycles. The molecule has 12 heteroatoms. The lowest BCUT2D eigenvalue weighted by Gasteiger charge is -2.21. The Hall–Kier alpha value is -3.80. The van der Waals surface area contributed by atoms with Crippen molar-refractivity contribution in [2.45, 2.75) is 20.0 Å². The van der Waals surface area contributed by atoms with E-state index in [1.807, 2.05) is 0 Å². The Balaban J connectivity index is 2.18. The molecule has 2 heterocycles. The quantitative estimate of drug-likeness (QED) is 0.312. The third-order valence-corrected chi connectivity index (χ3v) is 3.74. The van der Waals surface area contributed by atoms with Crippen molar-refractivity contribution >= 4 is 23.4 Å². The molecule has 6 N–H and O–H groups in total. The number of aromatic nitrogens is 2. The monoisotopic (exact) mass is 421 g/mol. The number of hydrogen-bond donors (Lipinski definition) is 4. The summed E-state index contributed by atoms with van der Waals surface area (Å²) in [6.45, 7) is 2.70. The van der Waals surface area contributed by atoms with Gasteiger partial charge in [0.2, 0.25) is 11.9 Å². The molecule has 0 aliphatic carbocycles. The van der Waals surface area contributed by atoms with Crippen LogP contribution in [0.2, 0.25) is 0 Å². The summed E-state index contributed by atoms with van der Waals surface area (Å²) in [4.78, 5) is 30.7. The van der Waals surface area contributed by atoms with Gasteiger partial charge in [-0.15, -0.1) is 0 Å². The van der Waals surface area contributed by atoms with Crippen molar-refractivity contribution in [1.29, 1.82) is 0 Å². The highest BCUT2D eigenvalue weighted by atomic mass is 19.1. The lowest BCUT2D eigenvalue weighted by Crippen LogP contribution is -2.39. The number of alkyl carbamates (subject to hydrolysis) is 1. The van der Waals surface area contributed by atoms with Crippen molar-refractivity contribution in [3.05, 3.63) is 59.4 Å². The van der Waals surface area contributed by atoms with Gasteiger partial charge >= 0.3 is 6.09 Å². The SMILES string of the molecule is CC(=O)Nc1ccc(/C(N)=C(\NC(=O)OC(C)c2cc(F)cnc2F)N(C)N)nc1. The smallest absolute Gasteiger partial charge is 0.413 e. The average Bonchev–Trinajstić information content (AvgIpc) is 2.67. The van der Waals surface area contributed by atoms with Crippen LogP contribution in [0.3, 0.4) is 0 Å². The Bertz CT molecular complexity index is 965. The maximum absolute atomic E-state index is 13.7. The number of hydrazine groups is 1. The molecular formula is C18H21F2N7O3. The summed E-state index contributed by atoms with van der Waals surface area (Å²) in [6.07, 6.45) is -0.0800. The first-order chi connectivity index (χ1) is 14.1. The standard InChI is InChI=1S/C18H21F2N7O3/c1-9(13-6-11(19)7-24-16(13)20)30-18(29)26-17(27(3)22)15(21)14-5-4-12(8-23-14)25-10(2)28/h4-9H,21-22H2,1-3H3,(H,25,28)(H,26,29)/b17-15-. The molecule has 0 spiro atoms. The van der Waals surface area contributed by atoms with Crippen molar-refractivity contribution in [1.82, 2.24) is 20.3 Å². The number of anilines is 1. The fourth-order valence-corrected chi connectivity index (χ4v) is 2.37. The van der Waals surface area contributed by atoms with E-state index >= 15 is 0 Å². The molecule has 0 fully saturated rings. The number of carbonyl (C=O) groups is 2. The van der Waals surface area contributed by atoms with E-state index in [-0.39, 0.29) is 28.7 Å². The Morgan fingerprint density at radius 1 is 1.23 bits per heavy atom. The van der Waals surface area contributed by atoms with Crippen molar-refractivity contribution in [3.8, 4) is 0 Å². The molecule has 1 unspecified atom stereocenters. The molecule has 0 aliphatic heterocycles. The third kappa shape index (κ3) is 5.85. The summed E-state index contributed by atoms with van der Waals surface area (Å²) in [5.74, 6) is 3.67. The number of carbonyl (C=O) groups excluding carboxylic acids is 2. The van der Waals surface area contributed by atoms with Gasteiger partial charge in [0.05, 0.1) is 29.3 Å². The predicted octanol–water partition coefficient (Wildman–Crippen LogP) is 1.59. The summed E-state index contributed by atoms with van der Waals surface area (Å²) in [5, 5.41) is 5.92. The van der Waals surface area contributed by atoms with Crippen LogP contribution in [0.5, 0.6) is 0 Å². The van der Waals surface area contributed by atoms with Crippen LogP contribution in [0, 0.1) is 11.8 Å². The number of pyridine rings is 2. The minimum atomic E-state index is -1.14. The van der Waals surface area contributed by atoms with Crippen LogP contribution in [-0.4, -0.2) is 34.0 Å². The lowest BCUT2D eigenvalue weighted by molar-refractivity contribution is -0.114. The number of ether oxygens (including phenoxy) is 1. The van der Waals surface area contributed by atoms with E-state index in [4.69, 9.17) is 16.3 Å². The van der Waals surface area contributed by atoms with Gasteiger partial charge in [-0.05, 0) is 25.1 Å². The third-order valence-electron chi connectivity index (χ3n) is 3.74. The van der Waals surface area contributed by atoms with Gasteiger partial charge in [-0.25, -0.2) is 20.0 Å². The highest BCUT2D eigenvalue weighted by Gasteiger charge is 2.20. The minimum Gasteiger partial charge on any atom is -0.441 e. The zero-order valence-corrected chi connectivity index (χ0v) is 16.4. The molecule has 160 valence electrons. The van der Waals surface area contributed by atoms with Gasteiger partial charge in [0.25, 0.3) is 0 Å². The molecule has 0 saturated heterocycles. The topological polar surface area (TPSA) is 148 Å². The van der Waals surface area contributed by atoms with Gasteiger partial charge in [0.15, 0.2) is 5.82 Å². The summed E-state index contributed by atoms with van der Waals surface area (Å²) >= 11 is 0. The molecule has 0 bridgehead atoms.